The number of carboxylic acids is 1. The molecule has 0 aliphatic heterocycles. The van der Waals surface area contributed by atoms with Gasteiger partial charge in [0.1, 0.15) is 0 Å². The third-order valence-electron chi connectivity index (χ3n) is 3.94. The van der Waals surface area contributed by atoms with E-state index in [-0.39, 0.29) is 25.3 Å². The summed E-state index contributed by atoms with van der Waals surface area (Å²) in [6.07, 6.45) is 0.455. The van der Waals surface area contributed by atoms with Crippen molar-refractivity contribution < 1.29 is 19.2 Å². The molecule has 0 unspecified atom stereocenters. The second-order valence-electron chi connectivity index (χ2n) is 6.25. The molecule has 7 heteroatoms. The Bertz CT molecular complexity index is 722. The van der Waals surface area contributed by atoms with E-state index in [1.54, 1.807) is 7.05 Å². The number of carboxylic acid groups (broad SMARTS) is 1. The van der Waals surface area contributed by atoms with Gasteiger partial charge in [-0.3, -0.25) is 9.59 Å². The molecule has 2 aromatic rings. The third-order valence-corrected chi connectivity index (χ3v) is 3.94. The van der Waals surface area contributed by atoms with Gasteiger partial charge in [-0.15, -0.1) is 0 Å². The first-order valence-electron chi connectivity index (χ1n) is 8.25. The highest BCUT2D eigenvalue weighted by atomic mass is 16.5. The van der Waals surface area contributed by atoms with E-state index in [0.29, 0.717) is 24.1 Å². The van der Waals surface area contributed by atoms with Crippen molar-refractivity contribution in [1.82, 2.24) is 15.0 Å². The van der Waals surface area contributed by atoms with E-state index in [1.807, 2.05) is 24.3 Å². The smallest absolute Gasteiger partial charge is 0.305 e. The van der Waals surface area contributed by atoms with E-state index in [0.717, 1.165) is 5.56 Å². The van der Waals surface area contributed by atoms with E-state index in [1.165, 1.54) is 10.5 Å². The van der Waals surface area contributed by atoms with Crippen molar-refractivity contribution in [3.8, 4) is 11.4 Å². The molecule has 1 heterocycles. The zero-order chi connectivity index (χ0) is 18.4. The summed E-state index contributed by atoms with van der Waals surface area (Å²) in [7, 11) is 1.58. The molecule has 0 saturated heterocycles. The highest BCUT2D eigenvalue weighted by Crippen LogP contribution is 2.20. The number of nitrogens with zero attached hydrogens (tertiary/aromatic N) is 3. The monoisotopic (exact) mass is 345 g/mol. The molecule has 0 aliphatic rings. The average Bonchev–Trinajstić information content (AvgIpc) is 3.06. The maximum absolute atomic E-state index is 12.0. The van der Waals surface area contributed by atoms with Gasteiger partial charge in [0.25, 0.3) is 0 Å². The van der Waals surface area contributed by atoms with Gasteiger partial charge in [-0.1, -0.05) is 43.3 Å². The summed E-state index contributed by atoms with van der Waals surface area (Å²) in [5.41, 5.74) is 2.10. The van der Waals surface area contributed by atoms with Crippen LogP contribution < -0.4 is 0 Å². The molecule has 0 saturated carbocycles. The summed E-state index contributed by atoms with van der Waals surface area (Å²) in [5.74, 6) is 0.269. The first-order chi connectivity index (χ1) is 11.9. The second-order valence-corrected chi connectivity index (χ2v) is 6.25. The first-order valence-corrected chi connectivity index (χ1v) is 8.25. The van der Waals surface area contributed by atoms with Crippen LogP contribution in [0, 0.1) is 0 Å². The van der Waals surface area contributed by atoms with Crippen LogP contribution in [0.1, 0.15) is 44.1 Å². The Balaban J connectivity index is 1.90. The molecule has 7 nitrogen and oxygen atoms in total. The fourth-order valence-electron chi connectivity index (χ4n) is 2.28. The summed E-state index contributed by atoms with van der Waals surface area (Å²) >= 11 is 0. The van der Waals surface area contributed by atoms with Gasteiger partial charge in [0.2, 0.25) is 17.6 Å². The Labute approximate surface area is 146 Å². The van der Waals surface area contributed by atoms with Gasteiger partial charge in [-0.05, 0) is 11.5 Å². The molecule has 0 atom stereocenters. The lowest BCUT2D eigenvalue weighted by atomic mass is 10.0. The number of benzene rings is 1. The number of rotatable bonds is 8. The van der Waals surface area contributed by atoms with Crippen LogP contribution in [-0.4, -0.2) is 45.6 Å². The molecule has 1 amide bonds. The van der Waals surface area contributed by atoms with Crippen molar-refractivity contribution in [2.45, 2.75) is 39.0 Å². The Morgan fingerprint density at radius 3 is 2.48 bits per heavy atom. The van der Waals surface area contributed by atoms with Crippen LogP contribution in [0.2, 0.25) is 0 Å². The topological polar surface area (TPSA) is 96.5 Å². The van der Waals surface area contributed by atoms with Crippen LogP contribution in [-0.2, 0) is 16.0 Å². The molecule has 25 heavy (non-hydrogen) atoms. The van der Waals surface area contributed by atoms with Crippen LogP contribution in [0.3, 0.4) is 0 Å². The minimum absolute atomic E-state index is 0.0701. The zero-order valence-corrected chi connectivity index (χ0v) is 14.7. The number of aryl methyl sites for hydroxylation is 1. The summed E-state index contributed by atoms with van der Waals surface area (Å²) in [6.45, 7) is 4.45. The molecule has 2 rings (SSSR count). The van der Waals surface area contributed by atoms with E-state index < -0.39 is 5.97 Å². The SMILES string of the molecule is CC(C)c1ccc(-c2noc(CCC(=O)N(C)CCC(=O)O)n2)cc1. The van der Waals surface area contributed by atoms with Crippen LogP contribution >= 0.6 is 0 Å². The molecule has 0 spiro atoms. The van der Waals surface area contributed by atoms with Gasteiger partial charge >= 0.3 is 5.97 Å². The number of hydrogen-bond acceptors (Lipinski definition) is 5. The fourth-order valence-corrected chi connectivity index (χ4v) is 2.28. The summed E-state index contributed by atoms with van der Waals surface area (Å²) in [5, 5.41) is 12.6. The van der Waals surface area contributed by atoms with Crippen molar-refractivity contribution in [1.29, 1.82) is 0 Å². The second kappa shape index (κ2) is 8.41. The quantitative estimate of drug-likeness (QED) is 0.790. The minimum Gasteiger partial charge on any atom is -0.481 e. The molecular formula is C18H23N3O4. The van der Waals surface area contributed by atoms with Crippen molar-refractivity contribution >= 4 is 11.9 Å². The lowest BCUT2D eigenvalue weighted by Crippen LogP contribution is -2.29. The predicted molar refractivity (Wildman–Crippen MR) is 92.0 cm³/mol. The van der Waals surface area contributed by atoms with Crippen molar-refractivity contribution in [2.75, 3.05) is 13.6 Å². The van der Waals surface area contributed by atoms with Gasteiger partial charge < -0.3 is 14.5 Å². The molecule has 1 N–H and O–H groups in total. The fraction of sp³-hybridized carbons (Fsp3) is 0.444. The van der Waals surface area contributed by atoms with Gasteiger partial charge in [0.15, 0.2) is 0 Å². The minimum atomic E-state index is -0.926. The van der Waals surface area contributed by atoms with Gasteiger partial charge in [0, 0.05) is 32.0 Å². The van der Waals surface area contributed by atoms with Crippen molar-refractivity contribution in [3.05, 3.63) is 35.7 Å². The molecular weight excluding hydrogens is 322 g/mol. The van der Waals surface area contributed by atoms with E-state index >= 15 is 0 Å². The highest BCUT2D eigenvalue weighted by Gasteiger charge is 2.14. The lowest BCUT2D eigenvalue weighted by Gasteiger charge is -2.15. The molecule has 0 radical (unpaired) electrons. The molecule has 134 valence electrons. The van der Waals surface area contributed by atoms with Crippen LogP contribution in [0.5, 0.6) is 0 Å². The Hall–Kier alpha value is -2.70. The lowest BCUT2D eigenvalue weighted by molar-refractivity contribution is -0.138. The third kappa shape index (κ3) is 5.41. The standard InChI is InChI=1S/C18H23N3O4/c1-12(2)13-4-6-14(7-5-13)18-19-15(25-20-18)8-9-16(22)21(3)11-10-17(23)24/h4-7,12H,8-11H2,1-3H3,(H,23,24). The Morgan fingerprint density at radius 1 is 1.20 bits per heavy atom. The average molecular weight is 345 g/mol. The van der Waals surface area contributed by atoms with E-state index in [2.05, 4.69) is 24.0 Å². The van der Waals surface area contributed by atoms with Crippen LogP contribution in [0.4, 0.5) is 0 Å². The molecule has 1 aromatic heterocycles. The number of hydrogen-bond donors (Lipinski definition) is 1. The normalized spacial score (nSPS) is 10.9. The molecule has 0 bridgehead atoms. The van der Waals surface area contributed by atoms with Crippen molar-refractivity contribution in [2.24, 2.45) is 0 Å². The summed E-state index contributed by atoms with van der Waals surface area (Å²) in [6, 6.07) is 7.98. The summed E-state index contributed by atoms with van der Waals surface area (Å²) in [4.78, 5) is 28.2. The van der Waals surface area contributed by atoms with Crippen molar-refractivity contribution in [3.63, 3.8) is 0 Å². The van der Waals surface area contributed by atoms with Gasteiger partial charge in [-0.2, -0.15) is 4.98 Å². The van der Waals surface area contributed by atoms with Gasteiger partial charge in [0.05, 0.1) is 6.42 Å². The van der Waals surface area contributed by atoms with E-state index in [4.69, 9.17) is 9.63 Å². The maximum Gasteiger partial charge on any atom is 0.305 e. The Kier molecular flexibility index (Phi) is 6.27. The number of aromatic nitrogens is 2. The van der Waals surface area contributed by atoms with Crippen LogP contribution in [0.25, 0.3) is 11.4 Å². The molecule has 0 aliphatic carbocycles. The predicted octanol–water partition coefficient (Wildman–Crippen LogP) is 2.73. The maximum atomic E-state index is 12.0. The number of carbonyl (C=O) groups excluding carboxylic acids is 1. The largest absolute Gasteiger partial charge is 0.481 e. The van der Waals surface area contributed by atoms with Gasteiger partial charge in [-0.25, -0.2) is 0 Å². The molecule has 1 aromatic carbocycles. The Morgan fingerprint density at radius 2 is 1.88 bits per heavy atom. The van der Waals surface area contributed by atoms with Crippen LogP contribution in [0.15, 0.2) is 28.8 Å². The highest BCUT2D eigenvalue weighted by molar-refractivity contribution is 5.76. The number of amides is 1. The molecule has 0 fully saturated rings. The number of carbonyl (C=O) groups is 2. The number of aliphatic carboxylic acids is 1. The summed E-state index contributed by atoms with van der Waals surface area (Å²) < 4.78 is 5.20. The first kappa shape index (κ1) is 18.6. The zero-order valence-electron chi connectivity index (χ0n) is 14.7. The van der Waals surface area contributed by atoms with E-state index in [9.17, 15) is 9.59 Å².